The lowest BCUT2D eigenvalue weighted by atomic mass is 10.2. The van der Waals surface area contributed by atoms with Gasteiger partial charge >= 0.3 is 5.97 Å². The Labute approximate surface area is 184 Å². The first-order valence-corrected chi connectivity index (χ1v) is 11.1. The van der Waals surface area contributed by atoms with Crippen molar-refractivity contribution < 1.29 is 14.3 Å². The number of H-pyrrole nitrogens is 1. The molecule has 3 rings (SSSR count). The number of thioether (sulfide) groups is 1. The van der Waals surface area contributed by atoms with E-state index in [1.54, 1.807) is 35.8 Å². The zero-order valence-electron chi connectivity index (χ0n) is 18.0. The van der Waals surface area contributed by atoms with Crippen molar-refractivity contribution in [3.63, 3.8) is 0 Å². The topological polar surface area (TPSA) is 106 Å². The molecule has 0 aliphatic heterocycles. The zero-order valence-corrected chi connectivity index (χ0v) is 18.8. The number of carbonyl (C=O) groups is 2. The summed E-state index contributed by atoms with van der Waals surface area (Å²) in [4.78, 5) is 45.4. The van der Waals surface area contributed by atoms with E-state index in [1.165, 1.54) is 11.8 Å². The lowest BCUT2D eigenvalue weighted by Crippen LogP contribution is -2.27. The molecule has 164 valence electrons. The van der Waals surface area contributed by atoms with Gasteiger partial charge in [0, 0.05) is 11.7 Å². The molecule has 0 aliphatic rings. The Kier molecular flexibility index (Phi) is 7.17. The summed E-state index contributed by atoms with van der Waals surface area (Å²) in [7, 11) is 0. The number of aryl methyl sites for hydroxylation is 1. The van der Waals surface area contributed by atoms with Crippen LogP contribution in [0.5, 0.6) is 0 Å². The molecule has 1 amide bonds. The smallest absolute Gasteiger partial charge is 0.340 e. The van der Waals surface area contributed by atoms with E-state index in [9.17, 15) is 14.4 Å². The fourth-order valence-electron chi connectivity index (χ4n) is 3.16. The minimum atomic E-state index is -0.494. The second kappa shape index (κ2) is 9.82. The number of amides is 1. The van der Waals surface area contributed by atoms with Crippen LogP contribution >= 0.6 is 11.8 Å². The van der Waals surface area contributed by atoms with Gasteiger partial charge in [-0.05, 0) is 45.4 Å². The zero-order chi connectivity index (χ0) is 22.5. The molecule has 2 N–H and O–H groups in total. The van der Waals surface area contributed by atoms with Gasteiger partial charge in [0.05, 0.1) is 29.1 Å². The summed E-state index contributed by atoms with van der Waals surface area (Å²) in [6, 6.07) is 8.44. The molecule has 31 heavy (non-hydrogen) atoms. The number of nitrogens with zero attached hydrogens (tertiary/aromatic N) is 2. The summed E-state index contributed by atoms with van der Waals surface area (Å²) in [5.74, 6) is -0.766. The number of nitrogens with one attached hydrogen (secondary N) is 2. The molecule has 0 spiro atoms. The second-order valence-corrected chi connectivity index (χ2v) is 8.08. The summed E-state index contributed by atoms with van der Waals surface area (Å²) in [5, 5.41) is 3.24. The van der Waals surface area contributed by atoms with Crippen LogP contribution in [-0.2, 0) is 9.53 Å². The summed E-state index contributed by atoms with van der Waals surface area (Å²) in [5.41, 5.74) is 2.43. The minimum absolute atomic E-state index is 0.0367. The van der Waals surface area contributed by atoms with Gasteiger partial charge in [-0.3, -0.25) is 14.2 Å². The number of rotatable bonds is 8. The molecule has 0 radical (unpaired) electrons. The second-order valence-electron chi connectivity index (χ2n) is 7.14. The molecule has 1 unspecified atom stereocenters. The van der Waals surface area contributed by atoms with E-state index in [4.69, 9.17) is 4.74 Å². The van der Waals surface area contributed by atoms with Crippen LogP contribution < -0.4 is 10.9 Å². The van der Waals surface area contributed by atoms with Crippen LogP contribution in [0.25, 0.3) is 11.0 Å². The highest BCUT2D eigenvalue weighted by Gasteiger charge is 2.19. The van der Waals surface area contributed by atoms with Crippen LogP contribution in [-0.4, -0.2) is 38.8 Å². The van der Waals surface area contributed by atoms with E-state index in [2.05, 4.69) is 15.3 Å². The normalized spacial score (nSPS) is 12.0. The molecule has 1 aromatic carbocycles. The van der Waals surface area contributed by atoms with Crippen LogP contribution in [0.15, 0.2) is 40.3 Å². The third-order valence-corrected chi connectivity index (χ3v) is 5.80. The monoisotopic (exact) mass is 442 g/mol. The number of carbonyl (C=O) groups excluding carboxylic acids is 2. The van der Waals surface area contributed by atoms with Gasteiger partial charge in [0.25, 0.3) is 5.56 Å². The molecule has 0 aliphatic carbocycles. The maximum absolute atomic E-state index is 13.0. The summed E-state index contributed by atoms with van der Waals surface area (Å²) >= 11 is 1.19. The van der Waals surface area contributed by atoms with Crippen molar-refractivity contribution in [1.82, 2.24) is 14.5 Å². The Morgan fingerprint density at radius 1 is 1.29 bits per heavy atom. The first kappa shape index (κ1) is 22.6. The predicted octanol–water partition coefficient (Wildman–Crippen LogP) is 3.91. The number of anilines is 1. The SMILES string of the molecule is CCOC(=O)c1ccccc1NC(=O)CSc1nc2cc(C)[nH]c2c(=O)n1C(C)CC. The number of aromatic amines is 1. The van der Waals surface area contributed by atoms with E-state index in [0.717, 1.165) is 12.1 Å². The number of esters is 1. The minimum Gasteiger partial charge on any atom is -0.462 e. The van der Waals surface area contributed by atoms with Crippen LogP contribution in [0.1, 0.15) is 49.3 Å². The predicted molar refractivity (Wildman–Crippen MR) is 122 cm³/mol. The first-order valence-electron chi connectivity index (χ1n) is 10.2. The Bertz CT molecular complexity index is 1170. The fraction of sp³-hybridized carbons (Fsp3) is 0.364. The maximum Gasteiger partial charge on any atom is 0.340 e. The van der Waals surface area contributed by atoms with Crippen molar-refractivity contribution >= 4 is 40.4 Å². The molecule has 2 aromatic heterocycles. The first-order chi connectivity index (χ1) is 14.8. The third kappa shape index (κ3) is 4.99. The fourth-order valence-corrected chi connectivity index (χ4v) is 4.06. The molecule has 0 bridgehead atoms. The molecular formula is C22H26N4O4S. The molecule has 2 heterocycles. The van der Waals surface area contributed by atoms with Crippen LogP contribution in [0.4, 0.5) is 5.69 Å². The Morgan fingerprint density at radius 2 is 2.03 bits per heavy atom. The number of aromatic nitrogens is 3. The number of hydrogen-bond donors (Lipinski definition) is 2. The summed E-state index contributed by atoms with van der Waals surface area (Å²) in [6.07, 6.45) is 0.749. The van der Waals surface area contributed by atoms with Crippen molar-refractivity contribution in [1.29, 1.82) is 0 Å². The Morgan fingerprint density at radius 3 is 2.74 bits per heavy atom. The molecule has 0 saturated heterocycles. The van der Waals surface area contributed by atoms with E-state index >= 15 is 0 Å². The lowest BCUT2D eigenvalue weighted by Gasteiger charge is -2.17. The number of para-hydroxylation sites is 1. The molecule has 9 heteroatoms. The standard InChI is InChI=1S/C22H26N4O4S/c1-5-14(4)26-20(28)19-17(11-13(3)23-19)25-22(26)31-12-18(27)24-16-10-8-7-9-15(16)21(29)30-6-2/h7-11,14,23H,5-6,12H2,1-4H3,(H,24,27). The van der Waals surface area contributed by atoms with Crippen molar-refractivity contribution in [2.75, 3.05) is 17.7 Å². The highest BCUT2D eigenvalue weighted by atomic mass is 32.2. The Balaban J connectivity index is 1.82. The van der Waals surface area contributed by atoms with E-state index in [-0.39, 0.29) is 29.9 Å². The molecule has 1 atom stereocenters. The van der Waals surface area contributed by atoms with Crippen LogP contribution in [0, 0.1) is 6.92 Å². The van der Waals surface area contributed by atoms with Crippen molar-refractivity contribution in [3.8, 4) is 0 Å². The number of ether oxygens (including phenoxy) is 1. The molecular weight excluding hydrogens is 416 g/mol. The van der Waals surface area contributed by atoms with E-state index in [1.807, 2.05) is 26.8 Å². The number of benzene rings is 1. The molecule has 8 nitrogen and oxygen atoms in total. The van der Waals surface area contributed by atoms with Gasteiger partial charge in [0.1, 0.15) is 5.52 Å². The van der Waals surface area contributed by atoms with Crippen molar-refractivity contribution in [2.45, 2.75) is 45.3 Å². The van der Waals surface area contributed by atoms with Gasteiger partial charge in [-0.15, -0.1) is 0 Å². The van der Waals surface area contributed by atoms with Crippen LogP contribution in [0.2, 0.25) is 0 Å². The largest absolute Gasteiger partial charge is 0.462 e. The quantitative estimate of drug-likeness (QED) is 0.311. The van der Waals surface area contributed by atoms with Gasteiger partial charge in [0.2, 0.25) is 5.91 Å². The number of hydrogen-bond acceptors (Lipinski definition) is 6. The van der Waals surface area contributed by atoms with E-state index in [0.29, 0.717) is 27.4 Å². The molecule has 0 saturated carbocycles. The van der Waals surface area contributed by atoms with Gasteiger partial charge in [-0.1, -0.05) is 30.8 Å². The highest BCUT2D eigenvalue weighted by Crippen LogP contribution is 2.23. The summed E-state index contributed by atoms with van der Waals surface area (Å²) < 4.78 is 6.67. The van der Waals surface area contributed by atoms with Crippen LogP contribution in [0.3, 0.4) is 0 Å². The number of fused-ring (bicyclic) bond motifs is 1. The van der Waals surface area contributed by atoms with Gasteiger partial charge in [-0.2, -0.15) is 0 Å². The average molecular weight is 443 g/mol. The summed E-state index contributed by atoms with van der Waals surface area (Å²) in [6.45, 7) is 7.79. The van der Waals surface area contributed by atoms with Crippen molar-refractivity contribution in [3.05, 3.63) is 51.9 Å². The molecule has 3 aromatic rings. The average Bonchev–Trinajstić information content (AvgIpc) is 3.13. The third-order valence-electron chi connectivity index (χ3n) is 4.85. The maximum atomic E-state index is 13.0. The Hall–Kier alpha value is -3.07. The van der Waals surface area contributed by atoms with E-state index < -0.39 is 5.97 Å². The van der Waals surface area contributed by atoms with Gasteiger partial charge in [-0.25, -0.2) is 9.78 Å². The lowest BCUT2D eigenvalue weighted by molar-refractivity contribution is -0.113. The highest BCUT2D eigenvalue weighted by molar-refractivity contribution is 7.99. The van der Waals surface area contributed by atoms with Crippen molar-refractivity contribution in [2.24, 2.45) is 0 Å². The van der Waals surface area contributed by atoms with Gasteiger partial charge in [0.15, 0.2) is 5.16 Å². The molecule has 0 fully saturated rings. The van der Waals surface area contributed by atoms with Gasteiger partial charge < -0.3 is 15.0 Å².